The number of nitrogens with one attached hydrogen (secondary N) is 2. The van der Waals surface area contributed by atoms with Crippen molar-refractivity contribution in [2.24, 2.45) is 0 Å². The number of aryl methyl sites for hydroxylation is 1. The Hall–Kier alpha value is -4.08. The number of pyridine rings is 2. The number of anilines is 2. The van der Waals surface area contributed by atoms with Crippen LogP contribution in [0.15, 0.2) is 36.8 Å². The van der Waals surface area contributed by atoms with E-state index in [9.17, 15) is 4.79 Å². The molecule has 4 aromatic rings. The first-order valence-corrected chi connectivity index (χ1v) is 10.3. The van der Waals surface area contributed by atoms with E-state index in [1.54, 1.807) is 37.8 Å². The summed E-state index contributed by atoms with van der Waals surface area (Å²) in [4.78, 5) is 32.7. The number of H-pyrrole nitrogens is 1. The maximum Gasteiger partial charge on any atom is 0.245 e. The first-order chi connectivity index (χ1) is 15.6. The normalized spacial score (nSPS) is 12.6. The lowest BCUT2D eigenvalue weighted by Gasteiger charge is -2.21. The van der Waals surface area contributed by atoms with E-state index in [2.05, 4.69) is 25.5 Å². The molecule has 0 radical (unpaired) electrons. The first-order valence-electron chi connectivity index (χ1n) is 10.3. The van der Waals surface area contributed by atoms with Gasteiger partial charge in [-0.25, -0.2) is 15.0 Å². The third kappa shape index (κ3) is 3.82. The lowest BCUT2D eigenvalue weighted by Crippen LogP contribution is -2.31. The number of hydrogen-bond donors (Lipinski definition) is 2. The van der Waals surface area contributed by atoms with Crippen LogP contribution >= 0.6 is 0 Å². The molecule has 0 aromatic carbocycles. The summed E-state index contributed by atoms with van der Waals surface area (Å²) in [5.41, 5.74) is 3.64. The third-order valence-electron chi connectivity index (χ3n) is 5.45. The van der Waals surface area contributed by atoms with Gasteiger partial charge in [0.1, 0.15) is 23.1 Å². The number of nitrogens with zero attached hydrogens (tertiary/aromatic N) is 6. The Balaban J connectivity index is 1.39. The lowest BCUT2D eigenvalue weighted by molar-refractivity contribution is -0.114. The highest BCUT2D eigenvalue weighted by atomic mass is 16.5. The molecule has 10 heteroatoms. The highest BCUT2D eigenvalue weighted by Crippen LogP contribution is 2.31. The number of methoxy groups -OCH3 is 1. The van der Waals surface area contributed by atoms with Gasteiger partial charge in [-0.3, -0.25) is 14.9 Å². The van der Waals surface area contributed by atoms with Crippen molar-refractivity contribution in [3.63, 3.8) is 0 Å². The minimum atomic E-state index is -0.185. The van der Waals surface area contributed by atoms with Crippen LogP contribution in [0.25, 0.3) is 22.4 Å². The van der Waals surface area contributed by atoms with Gasteiger partial charge in [0.2, 0.25) is 5.91 Å². The Morgan fingerprint density at radius 3 is 2.91 bits per heavy atom. The molecule has 1 aliphatic carbocycles. The van der Waals surface area contributed by atoms with E-state index in [1.807, 2.05) is 18.0 Å². The van der Waals surface area contributed by atoms with Gasteiger partial charge < -0.3 is 15.0 Å². The SMILES string of the molecule is COc1ccc(NC(=O)CN(C)c2nc(-c3cc4cn[nH]c4cn3)nc3c2CCC3)nc1. The number of hydrogen-bond acceptors (Lipinski definition) is 8. The summed E-state index contributed by atoms with van der Waals surface area (Å²) in [5, 5.41) is 10.7. The molecule has 2 N–H and O–H groups in total. The summed E-state index contributed by atoms with van der Waals surface area (Å²) in [6.07, 6.45) is 7.84. The zero-order valence-electron chi connectivity index (χ0n) is 17.8. The van der Waals surface area contributed by atoms with Crippen molar-refractivity contribution in [1.82, 2.24) is 30.1 Å². The number of likely N-dealkylation sites (N-methyl/N-ethyl adjacent to an activating group) is 1. The average molecular weight is 430 g/mol. The van der Waals surface area contributed by atoms with Crippen molar-refractivity contribution < 1.29 is 9.53 Å². The Kier molecular flexibility index (Phi) is 5.10. The van der Waals surface area contributed by atoms with Crippen molar-refractivity contribution in [2.75, 3.05) is 30.9 Å². The van der Waals surface area contributed by atoms with Gasteiger partial charge >= 0.3 is 0 Å². The minimum Gasteiger partial charge on any atom is -0.495 e. The molecule has 0 bridgehead atoms. The van der Waals surface area contributed by atoms with Crippen molar-refractivity contribution in [2.45, 2.75) is 19.3 Å². The third-order valence-corrected chi connectivity index (χ3v) is 5.45. The second kappa shape index (κ2) is 8.22. The number of carbonyl (C=O) groups is 1. The second-order valence-corrected chi connectivity index (χ2v) is 7.66. The van der Waals surface area contributed by atoms with Gasteiger partial charge in [-0.1, -0.05) is 0 Å². The number of aromatic amines is 1. The topological polar surface area (TPSA) is 122 Å². The monoisotopic (exact) mass is 430 g/mol. The summed E-state index contributed by atoms with van der Waals surface area (Å²) >= 11 is 0. The molecule has 5 rings (SSSR count). The number of rotatable bonds is 6. The van der Waals surface area contributed by atoms with Gasteiger partial charge in [0.25, 0.3) is 0 Å². The molecule has 0 spiro atoms. The summed E-state index contributed by atoms with van der Waals surface area (Å²) < 4.78 is 5.10. The largest absolute Gasteiger partial charge is 0.495 e. The van der Waals surface area contributed by atoms with Crippen molar-refractivity contribution in [1.29, 1.82) is 0 Å². The highest BCUT2D eigenvalue weighted by molar-refractivity contribution is 5.93. The van der Waals surface area contributed by atoms with E-state index in [0.29, 0.717) is 23.1 Å². The van der Waals surface area contributed by atoms with Crippen molar-refractivity contribution >= 4 is 28.4 Å². The molecule has 0 unspecified atom stereocenters. The van der Waals surface area contributed by atoms with Crippen LogP contribution in [0.4, 0.5) is 11.6 Å². The van der Waals surface area contributed by atoms with Gasteiger partial charge in [-0.2, -0.15) is 5.10 Å². The standard InChI is InChI=1S/C22H22N8O2/c1-30(12-20(31)27-19-7-6-14(32-2)10-24-19)22-15-4-3-5-16(15)26-21(28-22)17-8-13-9-25-29-18(13)11-23-17/h6-11H,3-5,12H2,1-2H3,(H,25,29)(H,24,27,31). The van der Waals surface area contributed by atoms with Crippen LogP contribution in [0, 0.1) is 0 Å². The predicted octanol–water partition coefficient (Wildman–Crippen LogP) is 2.38. The van der Waals surface area contributed by atoms with Crippen LogP contribution in [-0.2, 0) is 17.6 Å². The predicted molar refractivity (Wildman–Crippen MR) is 120 cm³/mol. The molecule has 10 nitrogen and oxygen atoms in total. The van der Waals surface area contributed by atoms with Gasteiger partial charge in [-0.15, -0.1) is 0 Å². The van der Waals surface area contributed by atoms with Crippen LogP contribution in [0.5, 0.6) is 5.75 Å². The maximum atomic E-state index is 12.6. The van der Waals surface area contributed by atoms with Gasteiger partial charge in [0, 0.05) is 23.7 Å². The zero-order chi connectivity index (χ0) is 22.1. The van der Waals surface area contributed by atoms with Crippen LogP contribution in [0.3, 0.4) is 0 Å². The molecule has 1 amide bonds. The molecular weight excluding hydrogens is 408 g/mol. The molecule has 0 aliphatic heterocycles. The number of aromatic nitrogens is 6. The summed E-state index contributed by atoms with van der Waals surface area (Å²) in [6, 6.07) is 5.37. The van der Waals surface area contributed by atoms with E-state index in [0.717, 1.165) is 47.2 Å². The molecule has 4 heterocycles. The van der Waals surface area contributed by atoms with E-state index in [1.165, 1.54) is 0 Å². The van der Waals surface area contributed by atoms with Crippen LogP contribution in [0.1, 0.15) is 17.7 Å². The Labute approximate surface area is 184 Å². The molecule has 0 saturated heterocycles. The highest BCUT2D eigenvalue weighted by Gasteiger charge is 2.23. The average Bonchev–Trinajstić information content (AvgIpc) is 3.47. The van der Waals surface area contributed by atoms with Crippen LogP contribution in [-0.4, -0.2) is 56.7 Å². The fourth-order valence-corrected chi connectivity index (χ4v) is 3.86. The second-order valence-electron chi connectivity index (χ2n) is 7.66. The van der Waals surface area contributed by atoms with Crippen molar-refractivity contribution in [3.05, 3.63) is 48.0 Å². The van der Waals surface area contributed by atoms with E-state index in [4.69, 9.17) is 14.7 Å². The van der Waals surface area contributed by atoms with E-state index >= 15 is 0 Å². The molecule has 1 aliphatic rings. The van der Waals surface area contributed by atoms with Crippen LogP contribution in [0.2, 0.25) is 0 Å². The maximum absolute atomic E-state index is 12.6. The number of ether oxygens (including phenoxy) is 1. The molecule has 0 fully saturated rings. The molecule has 162 valence electrons. The summed E-state index contributed by atoms with van der Waals surface area (Å²) in [7, 11) is 3.43. The Bertz CT molecular complexity index is 1290. The molecule has 4 aromatic heterocycles. The smallest absolute Gasteiger partial charge is 0.245 e. The van der Waals surface area contributed by atoms with Crippen molar-refractivity contribution in [3.8, 4) is 17.3 Å². The van der Waals surface area contributed by atoms with Gasteiger partial charge in [-0.05, 0) is 37.5 Å². The van der Waals surface area contributed by atoms with E-state index in [-0.39, 0.29) is 12.5 Å². The zero-order valence-corrected chi connectivity index (χ0v) is 17.8. The molecule has 0 saturated carbocycles. The first kappa shape index (κ1) is 19.9. The minimum absolute atomic E-state index is 0.130. The number of carbonyl (C=O) groups excluding carboxylic acids is 1. The molecule has 0 atom stereocenters. The Morgan fingerprint density at radius 1 is 1.19 bits per heavy atom. The fraction of sp³-hybridized carbons (Fsp3) is 0.273. The summed E-state index contributed by atoms with van der Waals surface area (Å²) in [6.45, 7) is 0.130. The molecule has 32 heavy (non-hydrogen) atoms. The number of fused-ring (bicyclic) bond motifs is 2. The number of amides is 1. The lowest BCUT2D eigenvalue weighted by atomic mass is 10.2. The van der Waals surface area contributed by atoms with Crippen LogP contribution < -0.4 is 15.0 Å². The Morgan fingerprint density at radius 2 is 2.09 bits per heavy atom. The fourth-order valence-electron chi connectivity index (χ4n) is 3.86. The summed E-state index contributed by atoms with van der Waals surface area (Å²) in [5.74, 6) is 2.22. The van der Waals surface area contributed by atoms with E-state index < -0.39 is 0 Å². The molecular formula is C22H22N8O2. The van der Waals surface area contributed by atoms with Gasteiger partial charge in [0.15, 0.2) is 5.82 Å². The van der Waals surface area contributed by atoms with Gasteiger partial charge in [0.05, 0.1) is 37.8 Å². The quantitative estimate of drug-likeness (QED) is 0.478.